The molecule has 2 heterocycles. The molecule has 0 aliphatic heterocycles. The summed E-state index contributed by atoms with van der Waals surface area (Å²) in [5.74, 6) is 0.855. The highest BCUT2D eigenvalue weighted by Crippen LogP contribution is 2.23. The number of hydrogen-bond acceptors (Lipinski definition) is 4. The molecule has 0 bridgehead atoms. The van der Waals surface area contributed by atoms with Crippen LogP contribution in [0.3, 0.4) is 0 Å². The van der Waals surface area contributed by atoms with E-state index in [1.807, 2.05) is 17.5 Å². The molecule has 136 valence electrons. The Balaban J connectivity index is 1.28. The molecular formula is C23H17N3OS. The lowest BCUT2D eigenvalue weighted by molar-refractivity contribution is 0.306. The molecule has 0 spiro atoms. The fraction of sp³-hybridized carbons (Fsp3) is 0.0435. The van der Waals surface area contributed by atoms with Crippen LogP contribution in [-0.2, 0) is 6.61 Å². The first kappa shape index (κ1) is 16.7. The van der Waals surface area contributed by atoms with E-state index in [-0.39, 0.29) is 0 Å². The minimum atomic E-state index is 0.529. The van der Waals surface area contributed by atoms with Gasteiger partial charge in [0, 0.05) is 22.8 Å². The van der Waals surface area contributed by atoms with Gasteiger partial charge in [-0.2, -0.15) is 0 Å². The molecule has 0 amide bonds. The van der Waals surface area contributed by atoms with E-state index in [2.05, 4.69) is 87.1 Å². The van der Waals surface area contributed by atoms with Crippen LogP contribution in [0.1, 0.15) is 5.56 Å². The Morgan fingerprint density at radius 1 is 0.857 bits per heavy atom. The third-order valence-corrected chi connectivity index (χ3v) is 5.23. The molecule has 2 aromatic heterocycles. The zero-order valence-electron chi connectivity index (χ0n) is 15.0. The van der Waals surface area contributed by atoms with Crippen LogP contribution < -0.4 is 4.74 Å². The van der Waals surface area contributed by atoms with Gasteiger partial charge in [0.1, 0.15) is 18.1 Å². The summed E-state index contributed by atoms with van der Waals surface area (Å²) in [7, 11) is 0. The van der Waals surface area contributed by atoms with Gasteiger partial charge < -0.3 is 9.30 Å². The summed E-state index contributed by atoms with van der Waals surface area (Å²) in [4.78, 5) is 0. The van der Waals surface area contributed by atoms with Gasteiger partial charge >= 0.3 is 0 Å². The van der Waals surface area contributed by atoms with Crippen molar-refractivity contribution in [1.82, 2.24) is 14.2 Å². The van der Waals surface area contributed by atoms with Crippen LogP contribution in [0, 0.1) is 0 Å². The number of ether oxygens (including phenoxy) is 1. The lowest BCUT2D eigenvalue weighted by Gasteiger charge is -2.09. The van der Waals surface area contributed by atoms with E-state index in [4.69, 9.17) is 4.74 Å². The third kappa shape index (κ3) is 3.28. The second-order valence-electron chi connectivity index (χ2n) is 6.51. The highest BCUT2D eigenvalue weighted by molar-refractivity contribution is 7.03. The Hall–Kier alpha value is -3.44. The summed E-state index contributed by atoms with van der Waals surface area (Å²) in [5.41, 5.74) is 5.42. The topological polar surface area (TPSA) is 39.9 Å². The highest BCUT2D eigenvalue weighted by atomic mass is 32.1. The van der Waals surface area contributed by atoms with Gasteiger partial charge in [0.05, 0.1) is 5.52 Å². The molecule has 5 rings (SSSR count). The summed E-state index contributed by atoms with van der Waals surface area (Å²) >= 11 is 1.36. The molecule has 3 aromatic carbocycles. The van der Waals surface area contributed by atoms with Crippen molar-refractivity contribution in [3.63, 3.8) is 0 Å². The molecule has 0 aliphatic carbocycles. The SMILES string of the molecule is c1ccc2c(c1)ccn2-c1ccc(OCc2ccc(-c3csnn3)cc2)cc1. The normalized spacial score (nSPS) is 11.0. The lowest BCUT2D eigenvalue weighted by atomic mass is 10.1. The number of rotatable bonds is 5. The number of hydrogen-bond donors (Lipinski definition) is 0. The second-order valence-corrected chi connectivity index (χ2v) is 7.12. The van der Waals surface area contributed by atoms with Crippen LogP contribution in [0.4, 0.5) is 0 Å². The first-order valence-corrected chi connectivity index (χ1v) is 9.86. The van der Waals surface area contributed by atoms with E-state index in [0.29, 0.717) is 6.61 Å². The van der Waals surface area contributed by atoms with E-state index in [1.54, 1.807) is 0 Å². The largest absolute Gasteiger partial charge is 0.489 e. The Labute approximate surface area is 166 Å². The summed E-state index contributed by atoms with van der Waals surface area (Å²) < 4.78 is 12.0. The number of aromatic nitrogens is 3. The maximum atomic E-state index is 5.95. The van der Waals surface area contributed by atoms with Crippen LogP contribution in [0.25, 0.3) is 27.8 Å². The maximum absolute atomic E-state index is 5.95. The fourth-order valence-electron chi connectivity index (χ4n) is 3.24. The quantitative estimate of drug-likeness (QED) is 0.389. The molecule has 0 radical (unpaired) electrons. The molecule has 4 nitrogen and oxygen atoms in total. The Morgan fingerprint density at radius 2 is 1.68 bits per heavy atom. The second kappa shape index (κ2) is 7.29. The first-order valence-electron chi connectivity index (χ1n) is 9.02. The molecule has 5 heteroatoms. The fourth-order valence-corrected chi connectivity index (χ4v) is 3.71. The molecule has 5 aromatic rings. The molecule has 0 aliphatic rings. The van der Waals surface area contributed by atoms with Gasteiger partial charge in [-0.3, -0.25) is 0 Å². The van der Waals surface area contributed by atoms with E-state index < -0.39 is 0 Å². The molecule has 0 saturated carbocycles. The van der Waals surface area contributed by atoms with E-state index in [1.165, 1.54) is 22.4 Å². The maximum Gasteiger partial charge on any atom is 0.119 e. The average molecular weight is 383 g/mol. The summed E-state index contributed by atoms with van der Waals surface area (Å²) in [5, 5.41) is 7.27. The predicted octanol–water partition coefficient (Wildman–Crippen LogP) is 5.73. The number of benzene rings is 3. The van der Waals surface area contributed by atoms with Crippen molar-refractivity contribution in [3.8, 4) is 22.7 Å². The third-order valence-electron chi connectivity index (χ3n) is 4.73. The number of fused-ring (bicyclic) bond motifs is 1. The monoisotopic (exact) mass is 383 g/mol. The van der Waals surface area contributed by atoms with Crippen molar-refractivity contribution in [2.75, 3.05) is 0 Å². The Morgan fingerprint density at radius 3 is 2.46 bits per heavy atom. The van der Waals surface area contributed by atoms with Crippen LogP contribution in [0.2, 0.25) is 0 Å². The first-order chi connectivity index (χ1) is 13.9. The average Bonchev–Trinajstić information content (AvgIpc) is 3.43. The van der Waals surface area contributed by atoms with Crippen molar-refractivity contribution in [1.29, 1.82) is 0 Å². The van der Waals surface area contributed by atoms with Gasteiger partial charge in [-0.25, -0.2) is 0 Å². The molecule has 0 N–H and O–H groups in total. The minimum absolute atomic E-state index is 0.529. The summed E-state index contributed by atoms with van der Waals surface area (Å²) in [6.07, 6.45) is 2.10. The molecule has 0 atom stereocenters. The van der Waals surface area contributed by atoms with Crippen LogP contribution in [0.5, 0.6) is 5.75 Å². The lowest BCUT2D eigenvalue weighted by Crippen LogP contribution is -1.96. The number of nitrogens with zero attached hydrogens (tertiary/aromatic N) is 3. The Kier molecular flexibility index (Phi) is 4.35. The van der Waals surface area contributed by atoms with Gasteiger partial charge in [-0.1, -0.05) is 47.0 Å². The van der Waals surface area contributed by atoms with Crippen molar-refractivity contribution in [2.45, 2.75) is 6.61 Å². The highest BCUT2D eigenvalue weighted by Gasteiger charge is 2.04. The van der Waals surface area contributed by atoms with Crippen LogP contribution in [-0.4, -0.2) is 14.2 Å². The van der Waals surface area contributed by atoms with E-state index >= 15 is 0 Å². The Bertz CT molecular complexity index is 1190. The zero-order valence-corrected chi connectivity index (χ0v) is 15.8. The van der Waals surface area contributed by atoms with Gasteiger partial charge in [-0.15, -0.1) is 5.10 Å². The van der Waals surface area contributed by atoms with Crippen molar-refractivity contribution in [3.05, 3.63) is 96.0 Å². The zero-order chi connectivity index (χ0) is 18.8. The standard InChI is InChI=1S/C23H17N3OS/c1-2-4-23-19(3-1)13-14-26(23)20-9-11-21(12-10-20)27-15-17-5-7-18(8-6-17)22-16-28-25-24-22/h1-14,16H,15H2. The molecule has 0 fully saturated rings. The molecular weight excluding hydrogens is 366 g/mol. The smallest absolute Gasteiger partial charge is 0.119 e. The molecule has 0 saturated heterocycles. The molecule has 28 heavy (non-hydrogen) atoms. The van der Waals surface area contributed by atoms with Crippen molar-refractivity contribution in [2.24, 2.45) is 0 Å². The van der Waals surface area contributed by atoms with E-state index in [0.717, 1.165) is 28.3 Å². The van der Waals surface area contributed by atoms with Crippen molar-refractivity contribution < 1.29 is 4.74 Å². The summed E-state index contributed by atoms with van der Waals surface area (Å²) in [6.45, 7) is 0.529. The van der Waals surface area contributed by atoms with Crippen LogP contribution in [0.15, 0.2) is 90.4 Å². The summed E-state index contributed by atoms with van der Waals surface area (Å²) in [6, 6.07) is 26.9. The molecule has 0 unspecified atom stereocenters. The predicted molar refractivity (Wildman–Crippen MR) is 113 cm³/mol. The minimum Gasteiger partial charge on any atom is -0.489 e. The van der Waals surface area contributed by atoms with Gasteiger partial charge in [0.15, 0.2) is 0 Å². The van der Waals surface area contributed by atoms with Gasteiger partial charge in [-0.05, 0) is 58.9 Å². The number of para-hydroxylation sites is 1. The van der Waals surface area contributed by atoms with Crippen LogP contribution >= 0.6 is 11.5 Å². The van der Waals surface area contributed by atoms with Gasteiger partial charge in [0.2, 0.25) is 0 Å². The van der Waals surface area contributed by atoms with E-state index in [9.17, 15) is 0 Å². The van der Waals surface area contributed by atoms with Gasteiger partial charge in [0.25, 0.3) is 0 Å². The van der Waals surface area contributed by atoms with Crippen molar-refractivity contribution >= 4 is 22.4 Å².